The third-order valence-corrected chi connectivity index (χ3v) is 3.56. The van der Waals surface area contributed by atoms with Gasteiger partial charge in [0.15, 0.2) is 0 Å². The molecule has 3 heteroatoms. The van der Waals surface area contributed by atoms with Crippen LogP contribution >= 0.6 is 0 Å². The molecule has 2 aromatic rings. The number of benzene rings is 1. The molecule has 1 heterocycles. The van der Waals surface area contributed by atoms with Gasteiger partial charge in [-0.15, -0.1) is 0 Å². The standard InChI is InChI=1S/C15H21N3/c1-11(9-18-14-3-4-14)17-10-12-2-5-15-13(8-12)6-7-16-15/h2,5-8,11,14,16-18H,3-4,9-10H2,1H3. The molecule has 0 radical (unpaired) electrons. The van der Waals surface area contributed by atoms with Crippen LogP contribution in [0.2, 0.25) is 0 Å². The second-order valence-electron chi connectivity index (χ2n) is 5.36. The smallest absolute Gasteiger partial charge is 0.0454 e. The van der Waals surface area contributed by atoms with Crippen LogP contribution in [-0.4, -0.2) is 23.6 Å². The molecule has 0 aliphatic heterocycles. The number of nitrogens with one attached hydrogen (secondary N) is 3. The molecule has 0 bridgehead atoms. The van der Waals surface area contributed by atoms with Crippen molar-refractivity contribution in [2.24, 2.45) is 0 Å². The summed E-state index contributed by atoms with van der Waals surface area (Å²) in [5.74, 6) is 0. The highest BCUT2D eigenvalue weighted by molar-refractivity contribution is 5.79. The quantitative estimate of drug-likeness (QED) is 0.729. The summed E-state index contributed by atoms with van der Waals surface area (Å²) in [4.78, 5) is 3.22. The predicted octanol–water partition coefficient (Wildman–Crippen LogP) is 2.40. The van der Waals surface area contributed by atoms with E-state index < -0.39 is 0 Å². The fourth-order valence-corrected chi connectivity index (χ4v) is 2.21. The zero-order valence-corrected chi connectivity index (χ0v) is 10.9. The summed E-state index contributed by atoms with van der Waals surface area (Å²) in [5, 5.41) is 8.41. The molecule has 1 aliphatic carbocycles. The lowest BCUT2D eigenvalue weighted by Gasteiger charge is -2.14. The molecule has 3 N–H and O–H groups in total. The molecule has 1 fully saturated rings. The molecule has 96 valence electrons. The van der Waals surface area contributed by atoms with E-state index >= 15 is 0 Å². The van der Waals surface area contributed by atoms with Crippen molar-refractivity contribution < 1.29 is 0 Å². The summed E-state index contributed by atoms with van der Waals surface area (Å²) in [7, 11) is 0. The van der Waals surface area contributed by atoms with Crippen molar-refractivity contribution in [3.63, 3.8) is 0 Å². The van der Waals surface area contributed by atoms with Crippen molar-refractivity contribution >= 4 is 10.9 Å². The van der Waals surface area contributed by atoms with Gasteiger partial charge in [-0.2, -0.15) is 0 Å². The van der Waals surface area contributed by atoms with Crippen LogP contribution < -0.4 is 10.6 Å². The van der Waals surface area contributed by atoms with Crippen LogP contribution in [0, 0.1) is 0 Å². The van der Waals surface area contributed by atoms with Gasteiger partial charge in [0.25, 0.3) is 0 Å². The first-order chi connectivity index (χ1) is 8.81. The number of hydrogen-bond acceptors (Lipinski definition) is 2. The molecule has 3 rings (SSSR count). The van der Waals surface area contributed by atoms with E-state index in [1.807, 2.05) is 6.20 Å². The highest BCUT2D eigenvalue weighted by atomic mass is 15.0. The van der Waals surface area contributed by atoms with Crippen LogP contribution in [0.5, 0.6) is 0 Å². The van der Waals surface area contributed by atoms with Gasteiger partial charge in [0.2, 0.25) is 0 Å². The van der Waals surface area contributed by atoms with E-state index in [0.29, 0.717) is 6.04 Å². The Morgan fingerprint density at radius 1 is 1.33 bits per heavy atom. The van der Waals surface area contributed by atoms with Gasteiger partial charge in [0.1, 0.15) is 0 Å². The number of aromatic nitrogens is 1. The van der Waals surface area contributed by atoms with Crippen molar-refractivity contribution in [2.45, 2.75) is 38.4 Å². The molecule has 3 nitrogen and oxygen atoms in total. The molecule has 1 aromatic carbocycles. The van der Waals surface area contributed by atoms with Crippen LogP contribution in [0.1, 0.15) is 25.3 Å². The fraction of sp³-hybridized carbons (Fsp3) is 0.467. The van der Waals surface area contributed by atoms with Gasteiger partial charge in [0.05, 0.1) is 0 Å². The molecule has 1 aliphatic rings. The third kappa shape index (κ3) is 2.92. The average molecular weight is 243 g/mol. The summed E-state index contributed by atoms with van der Waals surface area (Å²) in [6.45, 7) is 4.25. The summed E-state index contributed by atoms with van der Waals surface area (Å²) in [6.07, 6.45) is 4.71. The molecule has 18 heavy (non-hydrogen) atoms. The fourth-order valence-electron chi connectivity index (χ4n) is 2.21. The van der Waals surface area contributed by atoms with E-state index in [1.165, 1.54) is 29.3 Å². The first kappa shape index (κ1) is 11.8. The summed E-state index contributed by atoms with van der Waals surface area (Å²) < 4.78 is 0. The molecule has 1 atom stereocenters. The van der Waals surface area contributed by atoms with E-state index in [9.17, 15) is 0 Å². The van der Waals surface area contributed by atoms with Crippen molar-refractivity contribution in [3.05, 3.63) is 36.0 Å². The normalized spacial score (nSPS) is 17.2. The second-order valence-corrected chi connectivity index (χ2v) is 5.36. The monoisotopic (exact) mass is 243 g/mol. The lowest BCUT2D eigenvalue weighted by molar-refractivity contribution is 0.500. The highest BCUT2D eigenvalue weighted by Gasteiger charge is 2.20. The van der Waals surface area contributed by atoms with Crippen molar-refractivity contribution in [1.29, 1.82) is 0 Å². The maximum absolute atomic E-state index is 3.57. The van der Waals surface area contributed by atoms with Crippen LogP contribution in [0.3, 0.4) is 0 Å². The van der Waals surface area contributed by atoms with Crippen LogP contribution in [0.4, 0.5) is 0 Å². The van der Waals surface area contributed by atoms with Crippen molar-refractivity contribution in [3.8, 4) is 0 Å². The van der Waals surface area contributed by atoms with Gasteiger partial charge in [-0.1, -0.05) is 6.07 Å². The minimum Gasteiger partial charge on any atom is -0.361 e. The van der Waals surface area contributed by atoms with E-state index in [-0.39, 0.29) is 0 Å². The molecule has 1 aromatic heterocycles. The predicted molar refractivity (Wildman–Crippen MR) is 75.6 cm³/mol. The number of rotatable bonds is 6. The third-order valence-electron chi connectivity index (χ3n) is 3.56. The average Bonchev–Trinajstić information content (AvgIpc) is 3.10. The first-order valence-electron chi connectivity index (χ1n) is 6.84. The largest absolute Gasteiger partial charge is 0.361 e. The molecule has 0 amide bonds. The zero-order chi connectivity index (χ0) is 12.4. The first-order valence-corrected chi connectivity index (χ1v) is 6.84. The number of hydrogen-bond donors (Lipinski definition) is 3. The highest BCUT2D eigenvalue weighted by Crippen LogP contribution is 2.18. The number of fused-ring (bicyclic) bond motifs is 1. The minimum atomic E-state index is 0.521. The molecular weight excluding hydrogens is 222 g/mol. The molecule has 0 spiro atoms. The van der Waals surface area contributed by atoms with Gasteiger partial charge >= 0.3 is 0 Å². The Balaban J connectivity index is 1.51. The SMILES string of the molecule is CC(CNC1CC1)NCc1ccc2[nH]ccc2c1. The van der Waals surface area contributed by atoms with Gasteiger partial charge < -0.3 is 15.6 Å². The number of H-pyrrole nitrogens is 1. The summed E-state index contributed by atoms with van der Waals surface area (Å²) >= 11 is 0. The minimum absolute atomic E-state index is 0.521. The zero-order valence-electron chi connectivity index (χ0n) is 10.9. The van der Waals surface area contributed by atoms with Crippen molar-refractivity contribution in [2.75, 3.05) is 6.54 Å². The maximum Gasteiger partial charge on any atom is 0.0454 e. The van der Waals surface area contributed by atoms with E-state index in [0.717, 1.165) is 19.1 Å². The van der Waals surface area contributed by atoms with Crippen molar-refractivity contribution in [1.82, 2.24) is 15.6 Å². The Kier molecular flexibility index (Phi) is 3.35. The lowest BCUT2D eigenvalue weighted by Crippen LogP contribution is -2.36. The van der Waals surface area contributed by atoms with Gasteiger partial charge in [-0.3, -0.25) is 0 Å². The Hall–Kier alpha value is -1.32. The van der Waals surface area contributed by atoms with Gasteiger partial charge in [0, 0.05) is 36.9 Å². The molecule has 0 saturated heterocycles. The van der Waals surface area contributed by atoms with Gasteiger partial charge in [-0.05, 0) is 48.9 Å². The summed E-state index contributed by atoms with van der Waals surface area (Å²) in [5.41, 5.74) is 2.56. The van der Waals surface area contributed by atoms with E-state index in [2.05, 4.69) is 46.8 Å². The lowest BCUT2D eigenvalue weighted by atomic mass is 10.1. The Morgan fingerprint density at radius 2 is 2.22 bits per heavy atom. The van der Waals surface area contributed by atoms with E-state index in [4.69, 9.17) is 0 Å². The summed E-state index contributed by atoms with van der Waals surface area (Å²) in [6, 6.07) is 10.0. The van der Waals surface area contributed by atoms with Crippen LogP contribution in [0.15, 0.2) is 30.5 Å². The van der Waals surface area contributed by atoms with Crippen LogP contribution in [-0.2, 0) is 6.54 Å². The second kappa shape index (κ2) is 5.12. The topological polar surface area (TPSA) is 39.8 Å². The molecule has 1 saturated carbocycles. The Bertz CT molecular complexity index is 513. The van der Waals surface area contributed by atoms with E-state index in [1.54, 1.807) is 0 Å². The number of aromatic amines is 1. The van der Waals surface area contributed by atoms with Crippen LogP contribution in [0.25, 0.3) is 10.9 Å². The Morgan fingerprint density at radius 3 is 3.06 bits per heavy atom. The van der Waals surface area contributed by atoms with Gasteiger partial charge in [-0.25, -0.2) is 0 Å². The molecular formula is C15H21N3. The maximum atomic E-state index is 3.57. The molecule has 1 unspecified atom stereocenters. The Labute approximate surface area is 108 Å².